The Bertz CT molecular complexity index is 678. The zero-order chi connectivity index (χ0) is 15.4. The number of hydrogen-bond acceptors (Lipinski definition) is 6. The predicted molar refractivity (Wildman–Crippen MR) is 73.7 cm³/mol. The van der Waals surface area contributed by atoms with Gasteiger partial charge in [0.25, 0.3) is 0 Å². The average Bonchev–Trinajstić information content (AvgIpc) is 2.45. The number of methoxy groups -OCH3 is 1. The van der Waals surface area contributed by atoms with Gasteiger partial charge >= 0.3 is 5.69 Å². The number of nitrogens with one attached hydrogen (secondary N) is 1. The molecule has 2 aromatic rings. The number of nitro groups is 1. The number of anilines is 1. The van der Waals surface area contributed by atoms with E-state index >= 15 is 0 Å². The van der Waals surface area contributed by atoms with Crippen LogP contribution in [0.4, 0.5) is 15.8 Å². The largest absolute Gasteiger partial charge is 0.490 e. The molecule has 8 heteroatoms. The van der Waals surface area contributed by atoms with Crippen molar-refractivity contribution in [2.45, 2.75) is 13.5 Å². The number of nitrogens with zero attached hydrogens (tertiary/aromatic N) is 3. The lowest BCUT2D eigenvalue weighted by atomic mass is 10.2. The number of nitro benzene ring substituents is 1. The minimum absolute atomic E-state index is 0.0113. The van der Waals surface area contributed by atoms with Gasteiger partial charge in [0.2, 0.25) is 0 Å². The second-order valence-electron chi connectivity index (χ2n) is 4.21. The lowest BCUT2D eigenvalue weighted by Gasteiger charge is -2.09. The van der Waals surface area contributed by atoms with E-state index in [1.165, 1.54) is 13.2 Å². The van der Waals surface area contributed by atoms with Gasteiger partial charge < -0.3 is 10.1 Å². The maximum absolute atomic E-state index is 13.9. The normalized spacial score (nSPS) is 10.2. The molecule has 0 aliphatic carbocycles. The smallest absolute Gasteiger partial charge is 0.313 e. The van der Waals surface area contributed by atoms with E-state index in [-0.39, 0.29) is 18.0 Å². The number of rotatable bonds is 5. The molecule has 1 aromatic carbocycles. The van der Waals surface area contributed by atoms with Crippen LogP contribution in [-0.2, 0) is 6.54 Å². The highest BCUT2D eigenvalue weighted by molar-refractivity contribution is 5.59. The first-order chi connectivity index (χ1) is 10.0. The molecule has 110 valence electrons. The Morgan fingerprint density at radius 1 is 1.48 bits per heavy atom. The Morgan fingerprint density at radius 3 is 2.86 bits per heavy atom. The summed E-state index contributed by atoms with van der Waals surface area (Å²) in [5.41, 5.74) is 0.367. The van der Waals surface area contributed by atoms with Crippen LogP contribution in [0.2, 0.25) is 0 Å². The molecule has 0 fully saturated rings. The van der Waals surface area contributed by atoms with E-state index in [0.29, 0.717) is 11.5 Å². The minimum Gasteiger partial charge on any atom is -0.490 e. The fraction of sp³-hybridized carbons (Fsp3) is 0.231. The number of halogens is 1. The Hall–Kier alpha value is -2.77. The van der Waals surface area contributed by atoms with Crippen LogP contribution < -0.4 is 10.1 Å². The highest BCUT2D eigenvalue weighted by Crippen LogP contribution is 2.32. The van der Waals surface area contributed by atoms with Gasteiger partial charge in [-0.05, 0) is 13.0 Å². The minimum atomic E-state index is -0.728. The Balaban J connectivity index is 2.22. The molecule has 1 heterocycles. The fourth-order valence-electron chi connectivity index (χ4n) is 1.77. The van der Waals surface area contributed by atoms with Crippen molar-refractivity contribution in [2.75, 3.05) is 12.4 Å². The van der Waals surface area contributed by atoms with Crippen molar-refractivity contribution in [1.82, 2.24) is 9.97 Å². The Morgan fingerprint density at radius 2 is 2.24 bits per heavy atom. The number of hydrogen-bond donors (Lipinski definition) is 1. The first kappa shape index (κ1) is 14.6. The summed E-state index contributed by atoms with van der Waals surface area (Å²) in [6.45, 7) is 2.01. The number of aryl methyl sites for hydroxylation is 1. The van der Waals surface area contributed by atoms with Crippen LogP contribution in [0.1, 0.15) is 11.5 Å². The molecule has 7 nitrogen and oxygen atoms in total. The van der Waals surface area contributed by atoms with Crippen LogP contribution in [0.5, 0.6) is 5.75 Å². The van der Waals surface area contributed by atoms with E-state index in [4.69, 9.17) is 4.74 Å². The van der Waals surface area contributed by atoms with E-state index in [0.717, 1.165) is 6.07 Å². The van der Waals surface area contributed by atoms with E-state index in [9.17, 15) is 14.5 Å². The number of benzene rings is 1. The molecule has 0 unspecified atom stereocenters. The molecule has 0 saturated carbocycles. The molecular formula is C13H13FN4O3. The summed E-state index contributed by atoms with van der Waals surface area (Å²) in [4.78, 5) is 18.2. The van der Waals surface area contributed by atoms with Gasteiger partial charge in [0.1, 0.15) is 5.82 Å². The summed E-state index contributed by atoms with van der Waals surface area (Å²) < 4.78 is 18.8. The van der Waals surface area contributed by atoms with Crippen molar-refractivity contribution in [3.8, 4) is 5.75 Å². The highest BCUT2D eigenvalue weighted by Gasteiger charge is 2.19. The van der Waals surface area contributed by atoms with E-state index in [1.54, 1.807) is 19.2 Å². The fourth-order valence-corrected chi connectivity index (χ4v) is 1.77. The Kier molecular flexibility index (Phi) is 4.27. The van der Waals surface area contributed by atoms with Gasteiger partial charge in [-0.1, -0.05) is 0 Å². The summed E-state index contributed by atoms with van der Waals surface area (Å²) in [6, 6.07) is 3.77. The van der Waals surface area contributed by atoms with Crippen molar-refractivity contribution in [3.63, 3.8) is 0 Å². The summed E-state index contributed by atoms with van der Waals surface area (Å²) in [5.74, 6) is -0.132. The van der Waals surface area contributed by atoms with Crippen molar-refractivity contribution in [3.05, 3.63) is 51.8 Å². The quantitative estimate of drug-likeness (QED) is 0.672. The number of ether oxygens (including phenoxy) is 1. The maximum Gasteiger partial charge on any atom is 0.313 e. The molecule has 0 radical (unpaired) electrons. The van der Waals surface area contributed by atoms with Crippen molar-refractivity contribution in [2.24, 2.45) is 0 Å². The second-order valence-corrected chi connectivity index (χ2v) is 4.21. The van der Waals surface area contributed by atoms with Gasteiger partial charge in [-0.25, -0.2) is 14.4 Å². The average molecular weight is 292 g/mol. The third-order valence-corrected chi connectivity index (χ3v) is 2.76. The summed E-state index contributed by atoms with van der Waals surface area (Å²) >= 11 is 0. The number of aromatic nitrogens is 2. The molecule has 0 aliphatic rings. The van der Waals surface area contributed by atoms with E-state index in [1.807, 2.05) is 0 Å². The standard InChI is InChI=1S/C13H13FN4O3/c1-8-15-4-3-9(17-8)7-16-11-6-13(21-2)12(18(19)20)5-10(11)14/h3-6,16H,7H2,1-2H3. The SMILES string of the molecule is COc1cc(NCc2ccnc(C)n2)c(F)cc1[N+](=O)[O-]. The van der Waals surface area contributed by atoms with Crippen molar-refractivity contribution >= 4 is 11.4 Å². The molecule has 1 aromatic heterocycles. The molecule has 0 aliphatic heterocycles. The molecule has 2 rings (SSSR count). The molecule has 0 saturated heterocycles. The van der Waals surface area contributed by atoms with Gasteiger partial charge in [-0.3, -0.25) is 10.1 Å². The lowest BCUT2D eigenvalue weighted by Crippen LogP contribution is -2.05. The maximum atomic E-state index is 13.9. The Labute approximate surface area is 120 Å². The molecule has 0 atom stereocenters. The van der Waals surface area contributed by atoms with Crippen molar-refractivity contribution in [1.29, 1.82) is 0 Å². The summed E-state index contributed by atoms with van der Waals surface area (Å²) in [5, 5.41) is 13.6. The van der Waals surface area contributed by atoms with Gasteiger partial charge in [0, 0.05) is 12.3 Å². The van der Waals surface area contributed by atoms with Gasteiger partial charge in [-0.15, -0.1) is 0 Å². The van der Waals surface area contributed by atoms with Crippen LogP contribution in [0.25, 0.3) is 0 Å². The first-order valence-electron chi connectivity index (χ1n) is 6.05. The summed E-state index contributed by atoms with van der Waals surface area (Å²) in [6.07, 6.45) is 1.60. The first-order valence-corrected chi connectivity index (χ1v) is 6.05. The molecule has 0 spiro atoms. The van der Waals surface area contributed by atoms with Crippen LogP contribution in [0.15, 0.2) is 24.4 Å². The zero-order valence-electron chi connectivity index (χ0n) is 11.5. The van der Waals surface area contributed by atoms with Crippen LogP contribution >= 0.6 is 0 Å². The topological polar surface area (TPSA) is 90.2 Å². The summed E-state index contributed by atoms with van der Waals surface area (Å²) in [7, 11) is 1.29. The lowest BCUT2D eigenvalue weighted by molar-refractivity contribution is -0.385. The molecule has 21 heavy (non-hydrogen) atoms. The van der Waals surface area contributed by atoms with Crippen LogP contribution in [0, 0.1) is 22.9 Å². The van der Waals surface area contributed by atoms with Gasteiger partial charge in [0.05, 0.1) is 36.0 Å². The van der Waals surface area contributed by atoms with Crippen LogP contribution in [0.3, 0.4) is 0 Å². The van der Waals surface area contributed by atoms with E-state index in [2.05, 4.69) is 15.3 Å². The molecule has 0 bridgehead atoms. The van der Waals surface area contributed by atoms with Crippen molar-refractivity contribution < 1.29 is 14.1 Å². The third kappa shape index (κ3) is 3.41. The molecule has 0 amide bonds. The molecule has 1 N–H and O–H groups in total. The molecular weight excluding hydrogens is 279 g/mol. The third-order valence-electron chi connectivity index (χ3n) is 2.76. The zero-order valence-corrected chi connectivity index (χ0v) is 11.5. The monoisotopic (exact) mass is 292 g/mol. The second kappa shape index (κ2) is 6.12. The highest BCUT2D eigenvalue weighted by atomic mass is 19.1. The van der Waals surface area contributed by atoms with E-state index < -0.39 is 16.4 Å². The van der Waals surface area contributed by atoms with Gasteiger partial charge in [0.15, 0.2) is 11.6 Å². The van der Waals surface area contributed by atoms with Gasteiger partial charge in [-0.2, -0.15) is 0 Å². The van der Waals surface area contributed by atoms with Crippen LogP contribution in [-0.4, -0.2) is 22.0 Å². The predicted octanol–water partition coefficient (Wildman–Crippen LogP) is 2.45.